The summed E-state index contributed by atoms with van der Waals surface area (Å²) in [5.74, 6) is -0.0124. The van der Waals surface area contributed by atoms with Gasteiger partial charge in [-0.25, -0.2) is 0 Å². The van der Waals surface area contributed by atoms with Crippen LogP contribution in [0.25, 0.3) is 0 Å². The highest BCUT2D eigenvalue weighted by atomic mass is 35.5. The Balaban J connectivity index is 0.00000324. The highest BCUT2D eigenvalue weighted by Crippen LogP contribution is 2.45. The van der Waals surface area contributed by atoms with E-state index >= 15 is 0 Å². The first kappa shape index (κ1) is 18.7. The van der Waals surface area contributed by atoms with E-state index in [1.807, 2.05) is 13.8 Å². The molecule has 0 aromatic rings. The smallest absolute Gasteiger partial charge is 0.224 e. The highest BCUT2D eigenvalue weighted by Gasteiger charge is 2.39. The van der Waals surface area contributed by atoms with Crippen LogP contribution in [0.1, 0.15) is 60.8 Å². The fraction of sp³-hybridized carbons (Fsp3) is 0.933. The molecule has 0 heterocycles. The highest BCUT2D eigenvalue weighted by molar-refractivity contribution is 5.85. The molecule has 0 bridgehead atoms. The van der Waals surface area contributed by atoms with Crippen molar-refractivity contribution >= 4 is 18.3 Å². The van der Waals surface area contributed by atoms with Crippen molar-refractivity contribution in [2.45, 2.75) is 72.9 Å². The molecule has 0 saturated heterocycles. The van der Waals surface area contributed by atoms with Crippen molar-refractivity contribution in [1.82, 2.24) is 5.32 Å². The quantitative estimate of drug-likeness (QED) is 0.839. The molecule has 114 valence electrons. The lowest BCUT2D eigenvalue weighted by molar-refractivity contribution is -0.126. The molecule has 1 rings (SSSR count). The lowest BCUT2D eigenvalue weighted by Crippen LogP contribution is -2.49. The second kappa shape index (κ2) is 6.45. The van der Waals surface area contributed by atoms with Gasteiger partial charge in [0.2, 0.25) is 5.91 Å². The van der Waals surface area contributed by atoms with Crippen LogP contribution >= 0.6 is 12.4 Å². The number of hydrogen-bond acceptors (Lipinski definition) is 2. The van der Waals surface area contributed by atoms with Crippen LogP contribution in [0.4, 0.5) is 0 Å². The van der Waals surface area contributed by atoms with Crippen molar-refractivity contribution in [3.63, 3.8) is 0 Å². The van der Waals surface area contributed by atoms with Crippen LogP contribution in [0.3, 0.4) is 0 Å². The minimum atomic E-state index is -0.113. The van der Waals surface area contributed by atoms with E-state index < -0.39 is 0 Å². The van der Waals surface area contributed by atoms with Crippen molar-refractivity contribution in [3.05, 3.63) is 0 Å². The predicted molar refractivity (Wildman–Crippen MR) is 83.4 cm³/mol. The summed E-state index contributed by atoms with van der Waals surface area (Å²) in [5.41, 5.74) is 6.39. The number of carbonyl (C=O) groups is 1. The average molecular weight is 291 g/mol. The normalized spacial score (nSPS) is 25.0. The molecule has 0 radical (unpaired) electrons. The zero-order chi connectivity index (χ0) is 14.1. The van der Waals surface area contributed by atoms with Gasteiger partial charge in [0.15, 0.2) is 0 Å². The first-order valence-corrected chi connectivity index (χ1v) is 7.08. The fourth-order valence-electron chi connectivity index (χ4n) is 3.52. The van der Waals surface area contributed by atoms with Gasteiger partial charge in [0, 0.05) is 18.0 Å². The Bertz CT molecular complexity index is 297. The molecule has 2 unspecified atom stereocenters. The Morgan fingerprint density at radius 3 is 1.95 bits per heavy atom. The molecule has 0 aromatic heterocycles. The molecule has 0 spiro atoms. The van der Waals surface area contributed by atoms with E-state index in [1.54, 1.807) is 0 Å². The molecule has 0 aliphatic heterocycles. The summed E-state index contributed by atoms with van der Waals surface area (Å²) < 4.78 is 0. The van der Waals surface area contributed by atoms with E-state index in [1.165, 1.54) is 6.42 Å². The first-order chi connectivity index (χ1) is 8.02. The standard InChI is InChI=1S/C15H30N2O.ClH/c1-10(11(2)16)13(18)17-12-7-14(3,4)9-15(5,6)8-12;/h10-12H,7-9,16H2,1-6H3,(H,17,18);1H. The monoisotopic (exact) mass is 290 g/mol. The Labute approximate surface area is 124 Å². The zero-order valence-electron chi connectivity index (χ0n) is 13.2. The molecule has 0 aromatic carbocycles. The van der Waals surface area contributed by atoms with Gasteiger partial charge in [0.05, 0.1) is 0 Å². The molecule has 4 heteroatoms. The fourth-order valence-corrected chi connectivity index (χ4v) is 3.52. The van der Waals surface area contributed by atoms with E-state index in [0.717, 1.165) is 12.8 Å². The molecule has 1 saturated carbocycles. The van der Waals surface area contributed by atoms with E-state index in [4.69, 9.17) is 5.73 Å². The summed E-state index contributed by atoms with van der Waals surface area (Å²) >= 11 is 0. The maximum atomic E-state index is 12.1. The van der Waals surface area contributed by atoms with E-state index in [-0.39, 0.29) is 36.3 Å². The third-order valence-corrected chi connectivity index (χ3v) is 4.10. The summed E-state index contributed by atoms with van der Waals surface area (Å²) in [7, 11) is 0. The molecule has 3 nitrogen and oxygen atoms in total. The third kappa shape index (κ3) is 5.70. The van der Waals surface area contributed by atoms with Crippen molar-refractivity contribution < 1.29 is 4.79 Å². The molecule has 1 amide bonds. The Kier molecular flexibility index (Phi) is 6.35. The Hall–Kier alpha value is -0.280. The number of hydrogen-bond donors (Lipinski definition) is 2. The van der Waals surface area contributed by atoms with Gasteiger partial charge in [0.1, 0.15) is 0 Å². The van der Waals surface area contributed by atoms with Gasteiger partial charge >= 0.3 is 0 Å². The largest absolute Gasteiger partial charge is 0.353 e. The molecule has 3 N–H and O–H groups in total. The number of nitrogens with two attached hydrogens (primary N) is 1. The first-order valence-electron chi connectivity index (χ1n) is 7.08. The van der Waals surface area contributed by atoms with Crippen molar-refractivity contribution in [2.75, 3.05) is 0 Å². The van der Waals surface area contributed by atoms with Crippen LogP contribution in [-0.4, -0.2) is 18.0 Å². The average Bonchev–Trinajstić information content (AvgIpc) is 2.10. The van der Waals surface area contributed by atoms with Gasteiger partial charge in [-0.05, 0) is 37.0 Å². The minimum Gasteiger partial charge on any atom is -0.353 e. The summed E-state index contributed by atoms with van der Waals surface area (Å²) in [6.45, 7) is 13.0. The second-order valence-electron chi connectivity index (χ2n) is 7.77. The second-order valence-corrected chi connectivity index (χ2v) is 7.77. The molecular formula is C15H31ClN2O. The van der Waals surface area contributed by atoms with Gasteiger partial charge in [-0.1, -0.05) is 34.6 Å². The number of nitrogens with one attached hydrogen (secondary N) is 1. The lowest BCUT2D eigenvalue weighted by Gasteiger charge is -2.45. The van der Waals surface area contributed by atoms with Gasteiger partial charge in [-0.3, -0.25) is 4.79 Å². The third-order valence-electron chi connectivity index (χ3n) is 4.10. The topological polar surface area (TPSA) is 55.1 Å². The zero-order valence-corrected chi connectivity index (χ0v) is 14.1. The van der Waals surface area contributed by atoms with E-state index in [9.17, 15) is 4.79 Å². The van der Waals surface area contributed by atoms with Crippen LogP contribution in [0.2, 0.25) is 0 Å². The van der Waals surface area contributed by atoms with Crippen LogP contribution in [0.15, 0.2) is 0 Å². The summed E-state index contributed by atoms with van der Waals surface area (Å²) in [6, 6.07) is 0.201. The molecule has 1 fully saturated rings. The van der Waals surface area contributed by atoms with Crippen LogP contribution in [0, 0.1) is 16.7 Å². The Morgan fingerprint density at radius 2 is 1.58 bits per heavy atom. The lowest BCUT2D eigenvalue weighted by atomic mass is 9.63. The number of halogens is 1. The van der Waals surface area contributed by atoms with Crippen molar-refractivity contribution in [1.29, 1.82) is 0 Å². The van der Waals surface area contributed by atoms with Crippen molar-refractivity contribution in [3.8, 4) is 0 Å². The SMILES string of the molecule is CC(N)C(C)C(=O)NC1CC(C)(C)CC(C)(C)C1.Cl. The number of rotatable bonds is 3. The number of carbonyl (C=O) groups excluding carboxylic acids is 1. The maximum Gasteiger partial charge on any atom is 0.224 e. The van der Waals surface area contributed by atoms with E-state index in [0.29, 0.717) is 10.8 Å². The van der Waals surface area contributed by atoms with Crippen LogP contribution in [-0.2, 0) is 4.79 Å². The Morgan fingerprint density at radius 1 is 1.16 bits per heavy atom. The predicted octanol–water partition coefficient (Wildman–Crippen LogP) is 3.11. The molecule has 1 aliphatic rings. The van der Waals surface area contributed by atoms with Crippen LogP contribution < -0.4 is 11.1 Å². The van der Waals surface area contributed by atoms with Gasteiger partial charge in [-0.2, -0.15) is 0 Å². The summed E-state index contributed by atoms with van der Waals surface area (Å²) in [5, 5.41) is 3.19. The summed E-state index contributed by atoms with van der Waals surface area (Å²) in [6.07, 6.45) is 3.34. The molecule has 19 heavy (non-hydrogen) atoms. The maximum absolute atomic E-state index is 12.1. The van der Waals surface area contributed by atoms with Crippen molar-refractivity contribution in [2.24, 2.45) is 22.5 Å². The van der Waals surface area contributed by atoms with Gasteiger partial charge in [0.25, 0.3) is 0 Å². The summed E-state index contributed by atoms with van der Waals surface area (Å²) in [4.78, 5) is 12.1. The van der Waals surface area contributed by atoms with Gasteiger partial charge < -0.3 is 11.1 Å². The molecular weight excluding hydrogens is 260 g/mol. The van der Waals surface area contributed by atoms with Gasteiger partial charge in [-0.15, -0.1) is 12.4 Å². The molecule has 1 aliphatic carbocycles. The minimum absolute atomic E-state index is 0. The van der Waals surface area contributed by atoms with E-state index in [2.05, 4.69) is 33.0 Å². The van der Waals surface area contributed by atoms with Crippen LogP contribution in [0.5, 0.6) is 0 Å². The molecule has 2 atom stereocenters. The number of amides is 1.